The predicted molar refractivity (Wildman–Crippen MR) is 83.8 cm³/mol. The zero-order chi connectivity index (χ0) is 13.0. The number of hydrogen-bond acceptors (Lipinski definition) is 3. The van der Waals surface area contributed by atoms with Crippen LogP contribution in [0.3, 0.4) is 0 Å². The van der Waals surface area contributed by atoms with E-state index in [0.717, 1.165) is 12.0 Å². The Bertz CT molecular complexity index is 404. The van der Waals surface area contributed by atoms with Crippen molar-refractivity contribution >= 4 is 42.6 Å². The summed E-state index contributed by atoms with van der Waals surface area (Å²) in [6.07, 6.45) is 0.851. The summed E-state index contributed by atoms with van der Waals surface area (Å²) in [4.78, 5) is 11.8. The van der Waals surface area contributed by atoms with Crippen LogP contribution in [0.25, 0.3) is 0 Å². The Morgan fingerprint density at radius 3 is 2.44 bits per heavy atom. The normalized spacial score (nSPS) is 17.7. The third-order valence-electron chi connectivity index (χ3n) is 2.98. The fourth-order valence-electron chi connectivity index (χ4n) is 2.00. The molecule has 1 atom stereocenters. The monoisotopic (exact) mass is 343 g/mol. The molecule has 1 amide bonds. The van der Waals surface area contributed by atoms with E-state index in [1.54, 1.807) is 7.05 Å². The Morgan fingerprint density at radius 2 is 1.94 bits per heavy atom. The van der Waals surface area contributed by atoms with Crippen molar-refractivity contribution in [3.8, 4) is 0 Å². The van der Waals surface area contributed by atoms with Crippen LogP contribution in [-0.4, -0.2) is 36.8 Å². The van der Waals surface area contributed by atoms with Crippen molar-refractivity contribution in [1.29, 1.82) is 0 Å². The summed E-state index contributed by atoms with van der Waals surface area (Å²) < 4.78 is 1.52. The van der Waals surface area contributed by atoms with Gasteiger partial charge in [-0.3, -0.25) is 0 Å². The molecule has 1 unspecified atom stereocenters. The number of carbonyl (C=O) groups excluding carboxylic acids is 1. The van der Waals surface area contributed by atoms with Gasteiger partial charge in [0.25, 0.3) is 0 Å². The van der Waals surface area contributed by atoms with Gasteiger partial charge in [-0.25, -0.2) is 0 Å². The number of nitrogens with one attached hydrogen (secondary N) is 1. The average molecular weight is 343 g/mol. The van der Waals surface area contributed by atoms with Gasteiger partial charge in [-0.1, -0.05) is 0 Å². The Labute approximate surface area is 120 Å². The molecule has 1 fully saturated rings. The van der Waals surface area contributed by atoms with E-state index >= 15 is 0 Å². The van der Waals surface area contributed by atoms with Gasteiger partial charge in [0.1, 0.15) is 0 Å². The number of amides is 1. The molecule has 1 saturated heterocycles. The summed E-state index contributed by atoms with van der Waals surface area (Å²) in [6.45, 7) is 2.06. The van der Waals surface area contributed by atoms with Gasteiger partial charge in [0.2, 0.25) is 0 Å². The van der Waals surface area contributed by atoms with E-state index in [4.69, 9.17) is 0 Å². The second-order valence-corrected chi connectivity index (χ2v) is 15.8. The van der Waals surface area contributed by atoms with E-state index in [-0.39, 0.29) is 11.8 Å². The van der Waals surface area contributed by atoms with E-state index in [0.29, 0.717) is 0 Å². The molecule has 18 heavy (non-hydrogen) atoms. The molecule has 0 bridgehead atoms. The SMILES string of the molecule is CCC(C(=O)NC)c1ccc([As]2SCCS2)cc1. The van der Waals surface area contributed by atoms with Crippen molar-refractivity contribution < 1.29 is 4.79 Å². The molecule has 1 N–H and O–H groups in total. The summed E-state index contributed by atoms with van der Waals surface area (Å²) in [6, 6.07) is 8.78. The number of benzene rings is 1. The van der Waals surface area contributed by atoms with E-state index in [1.807, 2.05) is 0 Å². The zero-order valence-corrected chi connectivity index (χ0v) is 14.2. The molecule has 1 aromatic carbocycles. The van der Waals surface area contributed by atoms with E-state index in [2.05, 4.69) is 56.6 Å². The minimum atomic E-state index is -0.868. The molecule has 5 heteroatoms. The topological polar surface area (TPSA) is 29.1 Å². The van der Waals surface area contributed by atoms with E-state index < -0.39 is 12.3 Å². The molecule has 0 saturated carbocycles. The van der Waals surface area contributed by atoms with Crippen molar-refractivity contribution in [2.75, 3.05) is 18.6 Å². The first-order valence-electron chi connectivity index (χ1n) is 6.13. The Balaban J connectivity index is 2.12. The molecule has 0 aliphatic carbocycles. The maximum absolute atomic E-state index is 11.8. The molecular formula is C13H18AsNOS2. The maximum atomic E-state index is 11.8. The summed E-state index contributed by atoms with van der Waals surface area (Å²) in [5, 5.41) is 2.75. The minimum absolute atomic E-state index is 0.00423. The van der Waals surface area contributed by atoms with Crippen molar-refractivity contribution in [3.05, 3.63) is 29.8 Å². The van der Waals surface area contributed by atoms with Crippen molar-refractivity contribution in [2.24, 2.45) is 0 Å². The molecule has 2 nitrogen and oxygen atoms in total. The van der Waals surface area contributed by atoms with E-state index in [1.165, 1.54) is 15.9 Å². The molecule has 1 aromatic rings. The van der Waals surface area contributed by atoms with Crippen molar-refractivity contribution in [1.82, 2.24) is 5.32 Å². The number of carbonyl (C=O) groups is 1. The van der Waals surface area contributed by atoms with Gasteiger partial charge in [0.15, 0.2) is 0 Å². The zero-order valence-electron chi connectivity index (χ0n) is 10.7. The molecule has 2 rings (SSSR count). The Morgan fingerprint density at radius 1 is 1.33 bits per heavy atom. The number of rotatable bonds is 4. The summed E-state index contributed by atoms with van der Waals surface area (Å²) >= 11 is -0.868. The third kappa shape index (κ3) is 3.28. The fraction of sp³-hybridized carbons (Fsp3) is 0.462. The molecule has 1 heterocycles. The van der Waals surface area contributed by atoms with Gasteiger partial charge in [-0.15, -0.1) is 0 Å². The van der Waals surface area contributed by atoms with Crippen LogP contribution in [0.1, 0.15) is 24.8 Å². The van der Waals surface area contributed by atoms with Gasteiger partial charge in [0.05, 0.1) is 0 Å². The Kier molecular flexibility index (Phi) is 5.53. The molecular weight excluding hydrogens is 325 g/mol. The van der Waals surface area contributed by atoms with Crippen LogP contribution >= 0.6 is 20.0 Å². The van der Waals surface area contributed by atoms with Crippen LogP contribution in [0.4, 0.5) is 0 Å². The first-order valence-corrected chi connectivity index (χ1v) is 13.6. The van der Waals surface area contributed by atoms with Gasteiger partial charge < -0.3 is 0 Å². The summed E-state index contributed by atoms with van der Waals surface area (Å²) in [7, 11) is 6.02. The fourth-order valence-corrected chi connectivity index (χ4v) is 16.1. The molecule has 0 radical (unpaired) electrons. The molecule has 0 aromatic heterocycles. The average Bonchev–Trinajstić information content (AvgIpc) is 2.94. The van der Waals surface area contributed by atoms with Gasteiger partial charge in [0, 0.05) is 0 Å². The van der Waals surface area contributed by atoms with Crippen molar-refractivity contribution in [2.45, 2.75) is 19.3 Å². The van der Waals surface area contributed by atoms with Crippen LogP contribution in [0.2, 0.25) is 0 Å². The van der Waals surface area contributed by atoms with Gasteiger partial charge in [-0.05, 0) is 0 Å². The van der Waals surface area contributed by atoms with Gasteiger partial charge >= 0.3 is 120 Å². The van der Waals surface area contributed by atoms with E-state index in [9.17, 15) is 4.79 Å². The number of hydrogen-bond donors (Lipinski definition) is 1. The first-order chi connectivity index (χ1) is 8.76. The molecule has 1 aliphatic heterocycles. The third-order valence-corrected chi connectivity index (χ3v) is 16.7. The second kappa shape index (κ2) is 6.93. The number of likely N-dealkylation sites (N-methyl/N-ethyl adjacent to an activating group) is 1. The molecule has 1 aliphatic rings. The predicted octanol–water partition coefficient (Wildman–Crippen LogP) is 2.10. The van der Waals surface area contributed by atoms with Crippen molar-refractivity contribution in [3.63, 3.8) is 0 Å². The van der Waals surface area contributed by atoms with Crippen LogP contribution in [0, 0.1) is 0 Å². The first kappa shape index (κ1) is 14.4. The summed E-state index contributed by atoms with van der Waals surface area (Å²) in [5.74, 6) is 2.73. The molecule has 0 spiro atoms. The van der Waals surface area contributed by atoms with Crippen LogP contribution in [0.5, 0.6) is 0 Å². The standard InChI is InChI=1S/C13H18AsNOS2/c1-3-12(13(16)15-2)10-4-6-11(7-5-10)14-17-8-9-18-14/h4-7,12H,3,8-9H2,1-2H3,(H,15,16). The quantitative estimate of drug-likeness (QED) is 0.849. The van der Waals surface area contributed by atoms with Crippen LogP contribution < -0.4 is 9.67 Å². The van der Waals surface area contributed by atoms with Gasteiger partial charge in [-0.2, -0.15) is 0 Å². The van der Waals surface area contributed by atoms with Crippen LogP contribution in [0.15, 0.2) is 24.3 Å². The molecule has 98 valence electrons. The van der Waals surface area contributed by atoms with Crippen LogP contribution in [-0.2, 0) is 4.79 Å². The Hall–Kier alpha value is -0.0516. The second-order valence-electron chi connectivity index (χ2n) is 4.09. The summed E-state index contributed by atoms with van der Waals surface area (Å²) in [5.41, 5.74) is 1.14.